The van der Waals surface area contributed by atoms with Crippen LogP contribution < -0.4 is 5.73 Å². The molecule has 2 N–H and O–H groups in total. The average Bonchev–Trinajstić information content (AvgIpc) is 3.17. The van der Waals surface area contributed by atoms with E-state index in [4.69, 9.17) is 10.5 Å². The maximum atomic E-state index is 9.34. The van der Waals surface area contributed by atoms with Crippen molar-refractivity contribution in [1.29, 1.82) is 5.26 Å². The molecule has 2 heterocycles. The first-order valence-electron chi connectivity index (χ1n) is 7.16. The molecule has 18 heavy (non-hydrogen) atoms. The molecule has 0 amide bonds. The molecule has 0 bridgehead atoms. The minimum atomic E-state index is -0.600. The molecule has 1 atom stereocenters. The number of hydrogen-bond acceptors (Lipinski definition) is 4. The second-order valence-corrected chi connectivity index (χ2v) is 6.50. The van der Waals surface area contributed by atoms with Crippen LogP contribution in [0.4, 0.5) is 0 Å². The van der Waals surface area contributed by atoms with E-state index in [1.165, 1.54) is 19.3 Å². The lowest BCUT2D eigenvalue weighted by atomic mass is 9.79. The first-order valence-corrected chi connectivity index (χ1v) is 7.16. The number of ether oxygens (including phenoxy) is 1. The summed E-state index contributed by atoms with van der Waals surface area (Å²) in [5.41, 5.74) is 6.13. The summed E-state index contributed by atoms with van der Waals surface area (Å²) in [6, 6.07) is 2.37. The average molecular weight is 249 g/mol. The fraction of sp³-hybridized carbons (Fsp3) is 0.929. The Balaban J connectivity index is 1.60. The third-order valence-electron chi connectivity index (χ3n) is 5.07. The largest absolute Gasteiger partial charge is 0.381 e. The van der Waals surface area contributed by atoms with Gasteiger partial charge in [-0.2, -0.15) is 5.26 Å². The molecule has 1 spiro atoms. The highest BCUT2D eigenvalue weighted by Gasteiger charge is 2.46. The second kappa shape index (κ2) is 4.48. The fourth-order valence-corrected chi connectivity index (χ4v) is 3.60. The smallest absolute Gasteiger partial charge is 0.119 e. The Morgan fingerprint density at radius 3 is 2.67 bits per heavy atom. The van der Waals surface area contributed by atoms with Gasteiger partial charge in [0.15, 0.2) is 0 Å². The molecule has 1 aliphatic carbocycles. The lowest BCUT2D eigenvalue weighted by Crippen LogP contribution is -2.51. The molecular weight excluding hydrogens is 226 g/mol. The van der Waals surface area contributed by atoms with Gasteiger partial charge in [-0.15, -0.1) is 0 Å². The Labute approximate surface area is 109 Å². The third-order valence-corrected chi connectivity index (χ3v) is 5.07. The van der Waals surface area contributed by atoms with E-state index in [2.05, 4.69) is 11.0 Å². The molecule has 3 aliphatic rings. The van der Waals surface area contributed by atoms with E-state index < -0.39 is 5.54 Å². The van der Waals surface area contributed by atoms with E-state index in [1.54, 1.807) is 0 Å². The number of nitriles is 1. The van der Waals surface area contributed by atoms with Gasteiger partial charge in [0.05, 0.1) is 6.07 Å². The van der Waals surface area contributed by atoms with Crippen molar-refractivity contribution < 1.29 is 4.74 Å². The van der Waals surface area contributed by atoms with Gasteiger partial charge in [-0.05, 0) is 50.0 Å². The molecule has 2 saturated heterocycles. The number of rotatable bonds is 3. The van der Waals surface area contributed by atoms with Crippen molar-refractivity contribution in [1.82, 2.24) is 4.90 Å². The van der Waals surface area contributed by atoms with Crippen LogP contribution in [0.1, 0.15) is 32.1 Å². The molecule has 1 saturated carbocycles. The molecule has 1 unspecified atom stereocenters. The maximum Gasteiger partial charge on any atom is 0.119 e. The Morgan fingerprint density at radius 1 is 1.33 bits per heavy atom. The second-order valence-electron chi connectivity index (χ2n) is 6.50. The van der Waals surface area contributed by atoms with Gasteiger partial charge in [-0.1, -0.05) is 0 Å². The molecule has 2 aliphatic heterocycles. The summed E-state index contributed by atoms with van der Waals surface area (Å²) < 4.78 is 5.47. The first-order chi connectivity index (χ1) is 8.66. The maximum absolute atomic E-state index is 9.34. The normalized spacial score (nSPS) is 31.1. The van der Waals surface area contributed by atoms with Crippen LogP contribution in [0.15, 0.2) is 0 Å². The highest BCUT2D eigenvalue weighted by atomic mass is 16.5. The molecule has 4 heteroatoms. The van der Waals surface area contributed by atoms with Crippen molar-refractivity contribution in [2.45, 2.75) is 37.6 Å². The SMILES string of the molecule is N#CC(N)(CN1CCC2(CCOCC2)C1)C1CC1. The molecule has 0 aromatic rings. The minimum absolute atomic E-state index is 0.439. The van der Waals surface area contributed by atoms with E-state index in [0.717, 1.165) is 45.7 Å². The van der Waals surface area contributed by atoms with Crippen LogP contribution in [0.2, 0.25) is 0 Å². The molecule has 3 fully saturated rings. The zero-order valence-corrected chi connectivity index (χ0v) is 11.0. The summed E-state index contributed by atoms with van der Waals surface area (Å²) in [5.74, 6) is 0.439. The van der Waals surface area contributed by atoms with Crippen LogP contribution in [0, 0.1) is 22.7 Å². The van der Waals surface area contributed by atoms with Crippen LogP contribution in [0.3, 0.4) is 0 Å². The van der Waals surface area contributed by atoms with E-state index in [9.17, 15) is 5.26 Å². The zero-order valence-electron chi connectivity index (χ0n) is 11.0. The van der Waals surface area contributed by atoms with Crippen molar-refractivity contribution >= 4 is 0 Å². The van der Waals surface area contributed by atoms with Crippen LogP contribution in [-0.4, -0.2) is 43.3 Å². The Hall–Kier alpha value is -0.630. The van der Waals surface area contributed by atoms with Crippen LogP contribution in [0.25, 0.3) is 0 Å². The number of nitrogens with two attached hydrogens (primary N) is 1. The van der Waals surface area contributed by atoms with Gasteiger partial charge < -0.3 is 10.5 Å². The summed E-state index contributed by atoms with van der Waals surface area (Å²) in [6.07, 6.45) is 5.88. The van der Waals surface area contributed by atoms with E-state index in [1.807, 2.05) is 0 Å². The Kier molecular flexibility index (Phi) is 3.09. The monoisotopic (exact) mass is 249 g/mol. The summed E-state index contributed by atoms with van der Waals surface area (Å²) in [4.78, 5) is 2.42. The molecule has 0 aromatic carbocycles. The summed E-state index contributed by atoms with van der Waals surface area (Å²) in [5, 5.41) is 9.34. The third kappa shape index (κ3) is 2.27. The predicted octanol–water partition coefficient (Wildman–Crippen LogP) is 1.12. The van der Waals surface area contributed by atoms with Crippen molar-refractivity contribution in [2.75, 3.05) is 32.8 Å². The van der Waals surface area contributed by atoms with Crippen molar-refractivity contribution in [3.05, 3.63) is 0 Å². The minimum Gasteiger partial charge on any atom is -0.381 e. The van der Waals surface area contributed by atoms with Crippen LogP contribution in [-0.2, 0) is 4.74 Å². The van der Waals surface area contributed by atoms with E-state index in [0.29, 0.717) is 11.3 Å². The number of hydrogen-bond donors (Lipinski definition) is 1. The molecular formula is C14H23N3O. The van der Waals surface area contributed by atoms with Gasteiger partial charge in [0.1, 0.15) is 5.54 Å². The lowest BCUT2D eigenvalue weighted by Gasteiger charge is -2.34. The summed E-state index contributed by atoms with van der Waals surface area (Å²) in [6.45, 7) is 4.79. The molecule has 100 valence electrons. The topological polar surface area (TPSA) is 62.3 Å². The van der Waals surface area contributed by atoms with Crippen molar-refractivity contribution in [2.24, 2.45) is 17.1 Å². The lowest BCUT2D eigenvalue weighted by molar-refractivity contribution is 0.0186. The predicted molar refractivity (Wildman–Crippen MR) is 68.8 cm³/mol. The van der Waals surface area contributed by atoms with Gasteiger partial charge in [0.2, 0.25) is 0 Å². The zero-order chi connectivity index (χ0) is 12.6. The van der Waals surface area contributed by atoms with Gasteiger partial charge in [0, 0.05) is 26.3 Å². The van der Waals surface area contributed by atoms with Gasteiger partial charge in [-0.3, -0.25) is 4.90 Å². The highest BCUT2D eigenvalue weighted by molar-refractivity contribution is 5.15. The summed E-state index contributed by atoms with van der Waals surface area (Å²) in [7, 11) is 0. The molecule has 3 rings (SSSR count). The Bertz CT molecular complexity index is 355. The molecule has 4 nitrogen and oxygen atoms in total. The summed E-state index contributed by atoms with van der Waals surface area (Å²) >= 11 is 0. The quantitative estimate of drug-likeness (QED) is 0.814. The first kappa shape index (κ1) is 12.4. The van der Waals surface area contributed by atoms with Gasteiger partial charge >= 0.3 is 0 Å². The van der Waals surface area contributed by atoms with Gasteiger partial charge in [0.25, 0.3) is 0 Å². The fourth-order valence-electron chi connectivity index (χ4n) is 3.60. The van der Waals surface area contributed by atoms with Crippen LogP contribution >= 0.6 is 0 Å². The number of nitrogens with zero attached hydrogens (tertiary/aromatic N) is 2. The Morgan fingerprint density at radius 2 is 2.06 bits per heavy atom. The van der Waals surface area contributed by atoms with Crippen molar-refractivity contribution in [3.8, 4) is 6.07 Å². The van der Waals surface area contributed by atoms with Crippen LogP contribution in [0.5, 0.6) is 0 Å². The molecule has 0 aromatic heterocycles. The van der Waals surface area contributed by atoms with Gasteiger partial charge in [-0.25, -0.2) is 0 Å². The molecule has 0 radical (unpaired) electrons. The standard InChI is InChI=1S/C14H23N3O/c15-9-14(16,12-1-2-12)11-17-6-3-13(10-17)4-7-18-8-5-13/h12H,1-8,10-11,16H2. The van der Waals surface area contributed by atoms with E-state index >= 15 is 0 Å². The van der Waals surface area contributed by atoms with E-state index in [-0.39, 0.29) is 0 Å². The highest BCUT2D eigenvalue weighted by Crippen LogP contribution is 2.42. The number of likely N-dealkylation sites (tertiary alicyclic amines) is 1. The van der Waals surface area contributed by atoms with Crippen molar-refractivity contribution in [3.63, 3.8) is 0 Å².